The van der Waals surface area contributed by atoms with Crippen LogP contribution in [-0.4, -0.2) is 59.9 Å². The van der Waals surface area contributed by atoms with Gasteiger partial charge < -0.3 is 10.2 Å². The van der Waals surface area contributed by atoms with Gasteiger partial charge in [-0.25, -0.2) is 0 Å². The monoisotopic (exact) mass is 300 g/mol. The molecule has 0 aliphatic carbocycles. The number of unbranched alkanes of at least 4 members (excludes halogenated alkanes) is 3. The molecule has 0 saturated heterocycles. The molecule has 4 nitrogen and oxygen atoms in total. The predicted octanol–water partition coefficient (Wildman–Crippen LogP) is 2.49. The second-order valence-corrected chi connectivity index (χ2v) is 5.32. The molecule has 0 aromatic carbocycles. The molecule has 1 atom stereocenters. The first-order valence-corrected chi connectivity index (χ1v) is 6.85. The van der Waals surface area contributed by atoms with Crippen molar-refractivity contribution >= 4 is 49.7 Å². The van der Waals surface area contributed by atoms with Crippen LogP contribution in [0, 0.1) is 17.8 Å². The van der Waals surface area contributed by atoms with Crippen molar-refractivity contribution < 1.29 is 19.8 Å². The first kappa shape index (κ1) is 21.5. The van der Waals surface area contributed by atoms with Gasteiger partial charge in [-0.2, -0.15) is 0 Å². The summed E-state index contributed by atoms with van der Waals surface area (Å²) in [5.74, 6) is -3.20. The van der Waals surface area contributed by atoms with Crippen LogP contribution in [0.2, 0.25) is 0 Å². The molecule has 5 heteroatoms. The summed E-state index contributed by atoms with van der Waals surface area (Å²) in [5.41, 5.74) is 0. The molecule has 0 aromatic heterocycles. The van der Waals surface area contributed by atoms with E-state index in [0.717, 1.165) is 19.3 Å². The molecular weight excluding hydrogens is 272 g/mol. The third kappa shape index (κ3) is 9.69. The quantitative estimate of drug-likeness (QED) is 0.369. The summed E-state index contributed by atoms with van der Waals surface area (Å²) < 4.78 is 0. The minimum atomic E-state index is -1.26. The van der Waals surface area contributed by atoms with Crippen molar-refractivity contribution in [2.24, 2.45) is 17.8 Å². The molecular formula is C14H28CaO4. The molecule has 1 unspecified atom stereocenters. The fraction of sp³-hybridized carbons (Fsp3) is 0.857. The Morgan fingerprint density at radius 3 is 1.89 bits per heavy atom. The molecule has 0 fully saturated rings. The summed E-state index contributed by atoms with van der Waals surface area (Å²) in [5, 5.41) is 17.8. The molecule has 0 amide bonds. The van der Waals surface area contributed by atoms with Gasteiger partial charge >= 0.3 is 49.7 Å². The van der Waals surface area contributed by atoms with Crippen LogP contribution >= 0.6 is 0 Å². The van der Waals surface area contributed by atoms with E-state index >= 15 is 0 Å². The Balaban J connectivity index is 0. The van der Waals surface area contributed by atoms with Crippen LogP contribution in [-0.2, 0) is 9.59 Å². The Labute approximate surface area is 146 Å². The van der Waals surface area contributed by atoms with E-state index in [0.29, 0.717) is 5.92 Å². The zero-order chi connectivity index (χ0) is 14.1. The van der Waals surface area contributed by atoms with E-state index in [2.05, 4.69) is 6.92 Å². The van der Waals surface area contributed by atoms with E-state index in [9.17, 15) is 9.59 Å². The maximum absolute atomic E-state index is 10.9. The van der Waals surface area contributed by atoms with Crippen LogP contribution in [0.4, 0.5) is 0 Å². The van der Waals surface area contributed by atoms with Gasteiger partial charge in [-0.15, -0.1) is 0 Å². The van der Waals surface area contributed by atoms with Crippen LogP contribution in [0.1, 0.15) is 59.3 Å². The number of carboxylic acid groups (broad SMARTS) is 2. The second kappa shape index (κ2) is 12.0. The van der Waals surface area contributed by atoms with Gasteiger partial charge in [-0.3, -0.25) is 9.59 Å². The van der Waals surface area contributed by atoms with E-state index in [1.54, 1.807) is 0 Å². The van der Waals surface area contributed by atoms with Gasteiger partial charge in [-0.05, 0) is 18.3 Å². The molecule has 0 radical (unpaired) electrons. The number of hydrogen-bond donors (Lipinski definition) is 2. The average Bonchev–Trinajstić information content (AvgIpc) is 2.26. The van der Waals surface area contributed by atoms with Crippen molar-refractivity contribution in [3.63, 3.8) is 0 Å². The van der Waals surface area contributed by atoms with Gasteiger partial charge in [0.1, 0.15) is 0 Å². The average molecular weight is 300 g/mol. The summed E-state index contributed by atoms with van der Waals surface area (Å²) in [6, 6.07) is 0. The fourth-order valence-electron chi connectivity index (χ4n) is 2.17. The van der Waals surface area contributed by atoms with Crippen molar-refractivity contribution in [3.8, 4) is 0 Å². The molecule has 110 valence electrons. The normalized spacial score (nSPS) is 12.3. The molecule has 0 spiro atoms. The molecule has 0 rings (SSSR count). The van der Waals surface area contributed by atoms with E-state index in [4.69, 9.17) is 10.2 Å². The Kier molecular flexibility index (Phi) is 13.6. The first-order chi connectivity index (χ1) is 8.40. The van der Waals surface area contributed by atoms with Crippen molar-refractivity contribution in [1.29, 1.82) is 0 Å². The summed E-state index contributed by atoms with van der Waals surface area (Å²) in [4.78, 5) is 21.8. The molecule has 0 aliphatic rings. The molecule has 0 aliphatic heterocycles. The Bertz CT molecular complexity index is 252. The molecule has 0 saturated carbocycles. The fourth-order valence-corrected chi connectivity index (χ4v) is 2.17. The van der Waals surface area contributed by atoms with E-state index in [1.165, 1.54) is 12.8 Å². The number of carboxylic acids is 2. The van der Waals surface area contributed by atoms with Crippen molar-refractivity contribution in [2.45, 2.75) is 59.3 Å². The third-order valence-electron chi connectivity index (χ3n) is 3.51. The Morgan fingerprint density at radius 1 is 1.00 bits per heavy atom. The van der Waals surface area contributed by atoms with Gasteiger partial charge in [0, 0.05) is 0 Å². The van der Waals surface area contributed by atoms with Crippen molar-refractivity contribution in [2.75, 3.05) is 0 Å². The molecule has 19 heavy (non-hydrogen) atoms. The summed E-state index contributed by atoms with van der Waals surface area (Å²) in [7, 11) is 0. The van der Waals surface area contributed by atoms with Crippen LogP contribution in [0.15, 0.2) is 0 Å². The molecule has 0 aromatic rings. The standard InChI is InChI=1S/C14H26O4.Ca.2H/c1-4-5-6-7-8-11(10(2)3)9-12(13(15)16)14(17)18;;;/h10-12H,4-9H2,1-3H3,(H,15,16)(H,17,18);;;. The third-order valence-corrected chi connectivity index (χ3v) is 3.51. The van der Waals surface area contributed by atoms with E-state index in [1.807, 2.05) is 13.8 Å². The SMILES string of the molecule is CCCCCCC(CC(C(=O)O)C(=O)O)C(C)C.[CaH2]. The summed E-state index contributed by atoms with van der Waals surface area (Å²) in [6.07, 6.45) is 5.72. The second-order valence-electron chi connectivity index (χ2n) is 5.32. The van der Waals surface area contributed by atoms with Gasteiger partial charge in [-0.1, -0.05) is 52.9 Å². The van der Waals surface area contributed by atoms with Crippen LogP contribution in [0.25, 0.3) is 0 Å². The maximum atomic E-state index is 10.9. The zero-order valence-corrected chi connectivity index (χ0v) is 11.7. The van der Waals surface area contributed by atoms with Crippen LogP contribution in [0.3, 0.4) is 0 Å². The summed E-state index contributed by atoms with van der Waals surface area (Å²) in [6.45, 7) is 6.21. The molecule has 0 heterocycles. The number of aliphatic carboxylic acids is 2. The number of hydrogen-bond acceptors (Lipinski definition) is 2. The van der Waals surface area contributed by atoms with Crippen molar-refractivity contribution in [1.82, 2.24) is 0 Å². The molecule has 0 bridgehead atoms. The number of rotatable bonds is 10. The van der Waals surface area contributed by atoms with E-state index in [-0.39, 0.29) is 50.1 Å². The van der Waals surface area contributed by atoms with E-state index < -0.39 is 17.9 Å². The zero-order valence-electron chi connectivity index (χ0n) is 11.7. The Hall–Kier alpha value is 0.200. The van der Waals surface area contributed by atoms with Gasteiger partial charge in [0.15, 0.2) is 5.92 Å². The number of carbonyl (C=O) groups is 2. The minimum absolute atomic E-state index is 0. The Morgan fingerprint density at radius 2 is 1.53 bits per heavy atom. The van der Waals surface area contributed by atoms with Crippen LogP contribution in [0.5, 0.6) is 0 Å². The van der Waals surface area contributed by atoms with Gasteiger partial charge in [0.2, 0.25) is 0 Å². The first-order valence-electron chi connectivity index (χ1n) is 6.85. The van der Waals surface area contributed by atoms with Gasteiger partial charge in [0.25, 0.3) is 0 Å². The van der Waals surface area contributed by atoms with Crippen LogP contribution < -0.4 is 0 Å². The topological polar surface area (TPSA) is 74.6 Å². The van der Waals surface area contributed by atoms with Crippen molar-refractivity contribution in [3.05, 3.63) is 0 Å². The predicted molar refractivity (Wildman–Crippen MR) is 79.0 cm³/mol. The molecule has 2 N–H and O–H groups in total. The van der Waals surface area contributed by atoms with Gasteiger partial charge in [0.05, 0.1) is 0 Å². The summed E-state index contributed by atoms with van der Waals surface area (Å²) >= 11 is 0.